The first kappa shape index (κ1) is 17.2. The molecule has 1 saturated heterocycles. The standard InChI is InChI=1S/C15H24N2O4S/c1-3-21-14-5-4-13(2)12-15(14)22(19,20)17-8-6-16(7-9-17)10-11-18/h4-5,12,18H,3,6-11H2,1-2H3. The number of aliphatic hydroxyl groups is 1. The molecule has 1 aromatic rings. The van der Waals surface area contributed by atoms with Crippen LogP contribution in [0.2, 0.25) is 0 Å². The van der Waals surface area contributed by atoms with E-state index in [0.717, 1.165) is 5.56 Å². The largest absolute Gasteiger partial charge is 0.492 e. The molecule has 2 rings (SSSR count). The van der Waals surface area contributed by atoms with Gasteiger partial charge in [-0.3, -0.25) is 4.90 Å². The summed E-state index contributed by atoms with van der Waals surface area (Å²) in [6, 6.07) is 5.23. The van der Waals surface area contributed by atoms with Crippen molar-refractivity contribution in [1.29, 1.82) is 0 Å². The van der Waals surface area contributed by atoms with Gasteiger partial charge in [0.1, 0.15) is 10.6 Å². The van der Waals surface area contributed by atoms with Crippen LogP contribution in [0.5, 0.6) is 5.75 Å². The quantitative estimate of drug-likeness (QED) is 0.832. The summed E-state index contributed by atoms with van der Waals surface area (Å²) < 4.78 is 32.7. The van der Waals surface area contributed by atoms with Crippen LogP contribution >= 0.6 is 0 Å². The molecule has 1 aliphatic heterocycles. The average molecular weight is 328 g/mol. The zero-order valence-electron chi connectivity index (χ0n) is 13.2. The Bertz CT molecular complexity index is 596. The third-order valence-electron chi connectivity index (χ3n) is 3.76. The van der Waals surface area contributed by atoms with E-state index < -0.39 is 10.0 Å². The smallest absolute Gasteiger partial charge is 0.246 e. The maximum atomic E-state index is 12.9. The third-order valence-corrected chi connectivity index (χ3v) is 5.68. The molecule has 1 heterocycles. The number of aliphatic hydroxyl groups excluding tert-OH is 1. The van der Waals surface area contributed by atoms with E-state index in [1.54, 1.807) is 12.1 Å². The molecular formula is C15H24N2O4S. The summed E-state index contributed by atoms with van der Waals surface area (Å²) in [6.07, 6.45) is 0. The molecule has 0 spiro atoms. The SMILES string of the molecule is CCOc1ccc(C)cc1S(=O)(=O)N1CCN(CCO)CC1. The summed E-state index contributed by atoms with van der Waals surface area (Å²) in [5.41, 5.74) is 0.890. The summed E-state index contributed by atoms with van der Waals surface area (Å²) in [4.78, 5) is 2.30. The molecule has 0 amide bonds. The monoisotopic (exact) mass is 328 g/mol. The Morgan fingerprint density at radius 3 is 2.50 bits per heavy atom. The fourth-order valence-electron chi connectivity index (χ4n) is 2.57. The van der Waals surface area contributed by atoms with Crippen LogP contribution in [0.3, 0.4) is 0 Å². The molecule has 6 nitrogen and oxygen atoms in total. The van der Waals surface area contributed by atoms with E-state index in [4.69, 9.17) is 9.84 Å². The Morgan fingerprint density at radius 1 is 1.23 bits per heavy atom. The Balaban J connectivity index is 2.22. The highest BCUT2D eigenvalue weighted by Gasteiger charge is 2.30. The van der Waals surface area contributed by atoms with E-state index in [1.165, 1.54) is 4.31 Å². The van der Waals surface area contributed by atoms with Gasteiger partial charge in [-0.15, -0.1) is 0 Å². The molecule has 124 valence electrons. The fourth-order valence-corrected chi connectivity index (χ4v) is 4.20. The van der Waals surface area contributed by atoms with Gasteiger partial charge in [0.25, 0.3) is 0 Å². The highest BCUT2D eigenvalue weighted by atomic mass is 32.2. The fraction of sp³-hybridized carbons (Fsp3) is 0.600. The molecule has 0 atom stereocenters. The van der Waals surface area contributed by atoms with Crippen LogP contribution in [0.4, 0.5) is 0 Å². The molecule has 0 radical (unpaired) electrons. The maximum Gasteiger partial charge on any atom is 0.246 e. The summed E-state index contributed by atoms with van der Waals surface area (Å²) in [6.45, 7) is 6.95. The van der Waals surface area contributed by atoms with Crippen LogP contribution in [0.25, 0.3) is 0 Å². The predicted octanol–water partition coefficient (Wildman–Crippen LogP) is 0.692. The van der Waals surface area contributed by atoms with Gasteiger partial charge < -0.3 is 9.84 Å². The first-order chi connectivity index (χ1) is 10.5. The van der Waals surface area contributed by atoms with Crippen LogP contribution in [0.1, 0.15) is 12.5 Å². The molecule has 22 heavy (non-hydrogen) atoms. The van der Waals surface area contributed by atoms with Crippen LogP contribution in [-0.2, 0) is 10.0 Å². The number of hydrogen-bond donors (Lipinski definition) is 1. The minimum atomic E-state index is -3.56. The highest BCUT2D eigenvalue weighted by molar-refractivity contribution is 7.89. The third kappa shape index (κ3) is 3.78. The lowest BCUT2D eigenvalue weighted by atomic mass is 10.2. The van der Waals surface area contributed by atoms with Crippen molar-refractivity contribution in [2.24, 2.45) is 0 Å². The van der Waals surface area contributed by atoms with Crippen molar-refractivity contribution in [2.45, 2.75) is 18.7 Å². The van der Waals surface area contributed by atoms with Crippen molar-refractivity contribution in [2.75, 3.05) is 45.9 Å². The van der Waals surface area contributed by atoms with E-state index in [0.29, 0.717) is 45.1 Å². The first-order valence-electron chi connectivity index (χ1n) is 7.56. The van der Waals surface area contributed by atoms with Crippen LogP contribution in [-0.4, -0.2) is 68.7 Å². The second-order valence-corrected chi connectivity index (χ2v) is 7.26. The van der Waals surface area contributed by atoms with Gasteiger partial charge in [-0.1, -0.05) is 6.07 Å². The maximum absolute atomic E-state index is 12.9. The van der Waals surface area contributed by atoms with Gasteiger partial charge in [0.05, 0.1) is 13.2 Å². The Hall–Kier alpha value is -1.15. The Morgan fingerprint density at radius 2 is 1.91 bits per heavy atom. The number of piperazine rings is 1. The molecule has 1 fully saturated rings. The van der Waals surface area contributed by atoms with Crippen LogP contribution < -0.4 is 4.74 Å². The first-order valence-corrected chi connectivity index (χ1v) is 9.00. The van der Waals surface area contributed by atoms with Gasteiger partial charge in [-0.2, -0.15) is 4.31 Å². The molecule has 0 bridgehead atoms. The van der Waals surface area contributed by atoms with Crippen molar-refractivity contribution < 1.29 is 18.3 Å². The minimum absolute atomic E-state index is 0.0963. The predicted molar refractivity (Wildman–Crippen MR) is 84.6 cm³/mol. The van der Waals surface area contributed by atoms with Gasteiger partial charge >= 0.3 is 0 Å². The molecule has 1 aromatic carbocycles. The lowest BCUT2D eigenvalue weighted by Gasteiger charge is -2.33. The molecule has 0 unspecified atom stereocenters. The van der Waals surface area contributed by atoms with Gasteiger partial charge in [-0.05, 0) is 31.5 Å². The number of aryl methyl sites for hydroxylation is 1. The highest BCUT2D eigenvalue weighted by Crippen LogP contribution is 2.28. The molecule has 0 saturated carbocycles. The number of hydrogen-bond acceptors (Lipinski definition) is 5. The topological polar surface area (TPSA) is 70.1 Å². The molecule has 7 heteroatoms. The molecular weight excluding hydrogens is 304 g/mol. The second-order valence-electron chi connectivity index (χ2n) is 5.35. The molecule has 0 aliphatic carbocycles. The van der Waals surface area contributed by atoms with Gasteiger partial charge in [0.2, 0.25) is 10.0 Å². The second kappa shape index (κ2) is 7.41. The van der Waals surface area contributed by atoms with Crippen molar-refractivity contribution in [3.8, 4) is 5.75 Å². The minimum Gasteiger partial charge on any atom is -0.492 e. The van der Waals surface area contributed by atoms with E-state index in [-0.39, 0.29) is 11.5 Å². The molecule has 1 aliphatic rings. The Labute approximate surface area is 132 Å². The van der Waals surface area contributed by atoms with Gasteiger partial charge in [0, 0.05) is 32.7 Å². The summed E-state index contributed by atoms with van der Waals surface area (Å²) in [5.74, 6) is 0.408. The van der Waals surface area contributed by atoms with E-state index in [9.17, 15) is 8.42 Å². The number of β-amino-alcohol motifs (C(OH)–C–C–N with tert-alkyl or cyclic N) is 1. The number of rotatable bonds is 6. The van der Waals surface area contributed by atoms with Crippen molar-refractivity contribution >= 4 is 10.0 Å². The van der Waals surface area contributed by atoms with Gasteiger partial charge in [-0.25, -0.2) is 8.42 Å². The summed E-state index contributed by atoms with van der Waals surface area (Å²) >= 11 is 0. The summed E-state index contributed by atoms with van der Waals surface area (Å²) in [7, 11) is -3.56. The number of ether oxygens (including phenoxy) is 1. The number of sulfonamides is 1. The zero-order chi connectivity index (χ0) is 16.2. The van der Waals surface area contributed by atoms with Crippen LogP contribution in [0, 0.1) is 6.92 Å². The van der Waals surface area contributed by atoms with Crippen molar-refractivity contribution in [1.82, 2.24) is 9.21 Å². The lowest BCUT2D eigenvalue weighted by molar-refractivity contribution is 0.151. The number of nitrogens with zero attached hydrogens (tertiary/aromatic N) is 2. The normalized spacial score (nSPS) is 17.6. The number of benzene rings is 1. The lowest BCUT2D eigenvalue weighted by Crippen LogP contribution is -2.49. The van der Waals surface area contributed by atoms with E-state index >= 15 is 0 Å². The van der Waals surface area contributed by atoms with Crippen molar-refractivity contribution in [3.05, 3.63) is 23.8 Å². The summed E-state index contributed by atoms with van der Waals surface area (Å²) in [5, 5.41) is 8.96. The Kier molecular flexibility index (Phi) is 5.80. The van der Waals surface area contributed by atoms with E-state index in [2.05, 4.69) is 4.90 Å². The van der Waals surface area contributed by atoms with Gasteiger partial charge in [0.15, 0.2) is 0 Å². The average Bonchev–Trinajstić information content (AvgIpc) is 2.50. The van der Waals surface area contributed by atoms with E-state index in [1.807, 2.05) is 19.9 Å². The van der Waals surface area contributed by atoms with Crippen LogP contribution in [0.15, 0.2) is 23.1 Å². The van der Waals surface area contributed by atoms with Crippen molar-refractivity contribution in [3.63, 3.8) is 0 Å². The molecule has 1 N–H and O–H groups in total. The molecule has 0 aromatic heterocycles. The zero-order valence-corrected chi connectivity index (χ0v) is 14.0.